The summed E-state index contributed by atoms with van der Waals surface area (Å²) < 4.78 is 10.2. The van der Waals surface area contributed by atoms with E-state index in [2.05, 4.69) is 15.3 Å². The molecule has 0 atom stereocenters. The molecule has 0 saturated heterocycles. The van der Waals surface area contributed by atoms with E-state index >= 15 is 0 Å². The molecule has 142 valence electrons. The number of hydrogen-bond donors (Lipinski definition) is 1. The van der Waals surface area contributed by atoms with E-state index in [0.29, 0.717) is 27.2 Å². The number of thiophene rings is 1. The molecule has 2 aromatic heterocycles. The maximum Gasteiger partial charge on any atom is 0.348 e. The fourth-order valence-corrected chi connectivity index (χ4v) is 4.25. The minimum absolute atomic E-state index is 0.206. The van der Waals surface area contributed by atoms with Gasteiger partial charge in [0.05, 0.1) is 22.7 Å². The Balaban J connectivity index is 1.99. The molecule has 0 aliphatic rings. The highest BCUT2D eigenvalue weighted by atomic mass is 35.5. The van der Waals surface area contributed by atoms with Gasteiger partial charge in [0.15, 0.2) is 0 Å². The van der Waals surface area contributed by atoms with Gasteiger partial charge in [0.25, 0.3) is 0 Å². The number of benzene rings is 1. The molecule has 0 bridgehead atoms. The van der Waals surface area contributed by atoms with Crippen LogP contribution < -0.4 is 5.32 Å². The number of carbonyl (C=O) groups is 1. The number of anilines is 2. The summed E-state index contributed by atoms with van der Waals surface area (Å²) in [5, 5.41) is 4.71. The van der Waals surface area contributed by atoms with Gasteiger partial charge in [-0.05, 0) is 43.5 Å². The van der Waals surface area contributed by atoms with Crippen molar-refractivity contribution < 1.29 is 14.3 Å². The van der Waals surface area contributed by atoms with E-state index in [1.165, 1.54) is 17.7 Å². The smallest absolute Gasteiger partial charge is 0.348 e. The number of hydrogen-bond acceptors (Lipinski definition) is 7. The van der Waals surface area contributed by atoms with Crippen LogP contribution in [0.25, 0.3) is 10.2 Å². The molecule has 0 spiro atoms. The van der Waals surface area contributed by atoms with Crippen molar-refractivity contribution >= 4 is 50.6 Å². The van der Waals surface area contributed by atoms with Crippen LogP contribution in [0.3, 0.4) is 0 Å². The van der Waals surface area contributed by atoms with Crippen molar-refractivity contribution in [2.45, 2.75) is 20.8 Å². The number of fused-ring (bicyclic) bond motifs is 1. The normalized spacial score (nSPS) is 11.0. The Kier molecular flexibility index (Phi) is 5.94. The molecular weight excluding hydrogens is 386 g/mol. The Morgan fingerprint density at radius 1 is 1.22 bits per heavy atom. The van der Waals surface area contributed by atoms with Gasteiger partial charge in [-0.1, -0.05) is 17.7 Å². The van der Waals surface area contributed by atoms with Gasteiger partial charge in [-0.25, -0.2) is 14.8 Å². The number of nitrogens with one attached hydrogen (secondary N) is 1. The largest absolute Gasteiger partial charge is 0.459 e. The third-order valence-electron chi connectivity index (χ3n) is 4.11. The van der Waals surface area contributed by atoms with Crippen molar-refractivity contribution in [2.24, 2.45) is 0 Å². The predicted octanol–water partition coefficient (Wildman–Crippen LogP) is 4.82. The van der Waals surface area contributed by atoms with Crippen molar-refractivity contribution in [3.63, 3.8) is 0 Å². The van der Waals surface area contributed by atoms with Crippen LogP contribution >= 0.6 is 22.9 Å². The average molecular weight is 406 g/mol. The summed E-state index contributed by atoms with van der Waals surface area (Å²) in [6.07, 6.45) is 1.47. The van der Waals surface area contributed by atoms with E-state index < -0.39 is 0 Å². The Morgan fingerprint density at radius 3 is 2.70 bits per heavy atom. The lowest BCUT2D eigenvalue weighted by molar-refractivity contribution is 0.0393. The summed E-state index contributed by atoms with van der Waals surface area (Å²) in [6.45, 7) is 6.41. The van der Waals surface area contributed by atoms with Crippen molar-refractivity contribution in [3.8, 4) is 0 Å². The van der Waals surface area contributed by atoms with Crippen molar-refractivity contribution in [2.75, 3.05) is 25.6 Å². The molecule has 1 N–H and O–H groups in total. The van der Waals surface area contributed by atoms with Crippen LogP contribution in [0, 0.1) is 20.8 Å². The van der Waals surface area contributed by atoms with E-state index in [0.717, 1.165) is 27.8 Å². The molecule has 0 saturated carbocycles. The number of carbonyl (C=O) groups excluding carboxylic acids is 1. The lowest BCUT2D eigenvalue weighted by atomic mass is 10.1. The van der Waals surface area contributed by atoms with Crippen LogP contribution in [0.2, 0.25) is 5.02 Å². The van der Waals surface area contributed by atoms with Gasteiger partial charge in [0, 0.05) is 7.11 Å². The fourth-order valence-electron chi connectivity index (χ4n) is 2.84. The van der Waals surface area contributed by atoms with E-state index in [-0.39, 0.29) is 12.6 Å². The molecule has 6 nitrogen and oxygen atoms in total. The fraction of sp³-hybridized carbons (Fsp3) is 0.316. The molecule has 0 fully saturated rings. The zero-order valence-electron chi connectivity index (χ0n) is 15.6. The van der Waals surface area contributed by atoms with Crippen molar-refractivity contribution in [1.82, 2.24) is 9.97 Å². The molecule has 0 aliphatic heterocycles. The molecule has 2 heterocycles. The molecule has 1 aromatic carbocycles. The number of nitrogens with zero attached hydrogens (tertiary/aromatic N) is 2. The Bertz CT molecular complexity index is 980. The zero-order valence-corrected chi connectivity index (χ0v) is 17.1. The zero-order chi connectivity index (χ0) is 19.6. The molecule has 0 amide bonds. The molecule has 27 heavy (non-hydrogen) atoms. The van der Waals surface area contributed by atoms with Crippen LogP contribution in [0.15, 0.2) is 18.5 Å². The third kappa shape index (κ3) is 4.05. The molecule has 8 heteroatoms. The standard InChI is InChI=1S/C19H20ClN3O3S/c1-10-7-11(2)15(13(20)8-10)23-17-14-12(3)16(19(24)26-6-5-25-4)27-18(14)22-9-21-17/h7-9H,5-6H2,1-4H3,(H,21,22,23). The highest BCUT2D eigenvalue weighted by Crippen LogP contribution is 2.37. The van der Waals surface area contributed by atoms with Gasteiger partial charge in [-0.3, -0.25) is 0 Å². The van der Waals surface area contributed by atoms with Crippen LogP contribution in [0.4, 0.5) is 11.5 Å². The number of methoxy groups -OCH3 is 1. The van der Waals surface area contributed by atoms with E-state index in [4.69, 9.17) is 21.1 Å². The van der Waals surface area contributed by atoms with E-state index in [9.17, 15) is 4.79 Å². The summed E-state index contributed by atoms with van der Waals surface area (Å²) >= 11 is 7.70. The Morgan fingerprint density at radius 2 is 2.00 bits per heavy atom. The minimum Gasteiger partial charge on any atom is -0.459 e. The van der Waals surface area contributed by atoms with Gasteiger partial charge in [0.1, 0.15) is 28.5 Å². The van der Waals surface area contributed by atoms with Crippen molar-refractivity contribution in [3.05, 3.63) is 45.1 Å². The van der Waals surface area contributed by atoms with Gasteiger partial charge in [-0.15, -0.1) is 11.3 Å². The molecule has 0 aliphatic carbocycles. The highest BCUT2D eigenvalue weighted by molar-refractivity contribution is 7.20. The first-order valence-electron chi connectivity index (χ1n) is 8.36. The lowest BCUT2D eigenvalue weighted by Gasteiger charge is -2.13. The minimum atomic E-state index is -0.386. The monoisotopic (exact) mass is 405 g/mol. The van der Waals surface area contributed by atoms with Crippen LogP contribution in [0.1, 0.15) is 26.4 Å². The third-order valence-corrected chi connectivity index (χ3v) is 5.59. The summed E-state index contributed by atoms with van der Waals surface area (Å²) in [7, 11) is 1.56. The number of aryl methyl sites for hydroxylation is 3. The van der Waals surface area contributed by atoms with Gasteiger partial charge in [-0.2, -0.15) is 0 Å². The number of aromatic nitrogens is 2. The molecule has 0 radical (unpaired) electrons. The number of ether oxygens (including phenoxy) is 2. The summed E-state index contributed by atoms with van der Waals surface area (Å²) in [4.78, 5) is 22.3. The Labute approximate surface area is 166 Å². The number of halogens is 1. The summed E-state index contributed by atoms with van der Waals surface area (Å²) in [5.74, 6) is 0.224. The lowest BCUT2D eigenvalue weighted by Crippen LogP contribution is -2.09. The Hall–Kier alpha value is -2.22. The molecular formula is C19H20ClN3O3S. The first kappa shape index (κ1) is 19.5. The van der Waals surface area contributed by atoms with E-state index in [1.807, 2.05) is 32.9 Å². The first-order valence-corrected chi connectivity index (χ1v) is 9.55. The van der Waals surface area contributed by atoms with E-state index in [1.54, 1.807) is 7.11 Å². The maximum atomic E-state index is 12.4. The summed E-state index contributed by atoms with van der Waals surface area (Å²) in [6, 6.07) is 3.94. The van der Waals surface area contributed by atoms with Crippen LogP contribution in [-0.2, 0) is 9.47 Å². The van der Waals surface area contributed by atoms with Crippen LogP contribution in [-0.4, -0.2) is 36.3 Å². The SMILES string of the molecule is COCCOC(=O)c1sc2ncnc(Nc3c(C)cc(C)cc3Cl)c2c1C. The van der Waals surface area contributed by atoms with Gasteiger partial charge >= 0.3 is 5.97 Å². The molecule has 0 unspecified atom stereocenters. The van der Waals surface area contributed by atoms with Gasteiger partial charge < -0.3 is 14.8 Å². The molecule has 3 aromatic rings. The molecule has 3 rings (SSSR count). The van der Waals surface area contributed by atoms with Crippen LogP contribution in [0.5, 0.6) is 0 Å². The quantitative estimate of drug-likeness (QED) is 0.468. The second-order valence-corrected chi connectivity index (χ2v) is 7.56. The second kappa shape index (κ2) is 8.21. The second-order valence-electron chi connectivity index (χ2n) is 6.15. The predicted molar refractivity (Wildman–Crippen MR) is 109 cm³/mol. The number of esters is 1. The van der Waals surface area contributed by atoms with Gasteiger partial charge in [0.2, 0.25) is 0 Å². The van der Waals surface area contributed by atoms with Crippen molar-refractivity contribution in [1.29, 1.82) is 0 Å². The maximum absolute atomic E-state index is 12.4. The summed E-state index contributed by atoms with van der Waals surface area (Å²) in [5.41, 5.74) is 3.67. The average Bonchev–Trinajstić information content (AvgIpc) is 2.96. The topological polar surface area (TPSA) is 73.3 Å². The number of rotatable bonds is 6. The highest BCUT2D eigenvalue weighted by Gasteiger charge is 2.21. The first-order chi connectivity index (χ1) is 12.9.